The summed E-state index contributed by atoms with van der Waals surface area (Å²) in [5.41, 5.74) is 2.96. The highest BCUT2D eigenvalue weighted by atomic mass is 79.9. The lowest BCUT2D eigenvalue weighted by Gasteiger charge is -2.29. The van der Waals surface area contributed by atoms with Crippen LogP contribution in [0.5, 0.6) is 0 Å². The van der Waals surface area contributed by atoms with Gasteiger partial charge in [0.25, 0.3) is 5.91 Å². The van der Waals surface area contributed by atoms with Gasteiger partial charge >= 0.3 is 0 Å². The number of carbonyl (C=O) groups excluding carboxylic acids is 1. The minimum atomic E-state index is -3.60. The van der Waals surface area contributed by atoms with Gasteiger partial charge in [-0.1, -0.05) is 34.1 Å². The molecule has 1 aliphatic rings. The number of para-hydroxylation sites is 1. The number of anilines is 1. The number of sulfonamides is 1. The fourth-order valence-electron chi connectivity index (χ4n) is 3.58. The Balaban J connectivity index is 1.51. The Kier molecular flexibility index (Phi) is 6.11. The summed E-state index contributed by atoms with van der Waals surface area (Å²) in [6, 6.07) is 16.4. The largest absolute Gasteiger partial charge is 0.307 e. The van der Waals surface area contributed by atoms with Crippen molar-refractivity contribution in [2.45, 2.75) is 24.3 Å². The second-order valence-electron chi connectivity index (χ2n) is 7.22. The van der Waals surface area contributed by atoms with Gasteiger partial charge < -0.3 is 4.90 Å². The minimum Gasteiger partial charge on any atom is -0.307 e. The van der Waals surface area contributed by atoms with Gasteiger partial charge in [-0.2, -0.15) is 4.31 Å². The second-order valence-corrected chi connectivity index (χ2v) is 11.1. The lowest BCUT2D eigenvalue weighted by atomic mass is 10.0. The molecule has 0 saturated carbocycles. The van der Waals surface area contributed by atoms with Crippen LogP contribution < -0.4 is 4.90 Å². The molecule has 2 heterocycles. The molecule has 1 aliphatic heterocycles. The van der Waals surface area contributed by atoms with Crippen molar-refractivity contribution >= 4 is 48.9 Å². The maximum Gasteiger partial charge on any atom is 0.268 e. The molecule has 1 aromatic heterocycles. The van der Waals surface area contributed by atoms with Crippen LogP contribution in [-0.2, 0) is 23.0 Å². The van der Waals surface area contributed by atoms with Gasteiger partial charge in [0.15, 0.2) is 0 Å². The molecular weight excluding hydrogens is 484 g/mol. The summed E-state index contributed by atoms with van der Waals surface area (Å²) in [7, 11) is -2.05. The van der Waals surface area contributed by atoms with Crippen molar-refractivity contribution in [3.63, 3.8) is 0 Å². The van der Waals surface area contributed by atoms with E-state index in [1.54, 1.807) is 37.4 Å². The molecule has 0 radical (unpaired) electrons. The molecule has 8 heteroatoms. The number of thiophene rings is 1. The van der Waals surface area contributed by atoms with Crippen molar-refractivity contribution in [1.82, 2.24) is 4.31 Å². The molecule has 0 aliphatic carbocycles. The summed E-state index contributed by atoms with van der Waals surface area (Å²) in [6.07, 6.45) is 1.92. The standard InChI is InChI=1S/C22H21BrN2O3S2/c1-24(30(27,28)19-10-8-18(23)9-11-19)14-16-13-21(29-15-16)22(26)25-12-4-6-17-5-2-3-7-20(17)25/h2-3,5,7-11,13,15H,4,6,12,14H2,1H3. The topological polar surface area (TPSA) is 57.7 Å². The van der Waals surface area contributed by atoms with Crippen LogP contribution in [0.2, 0.25) is 0 Å². The molecule has 2 aromatic carbocycles. The molecule has 4 rings (SSSR count). The molecule has 0 fully saturated rings. The average Bonchev–Trinajstić information content (AvgIpc) is 3.21. The van der Waals surface area contributed by atoms with Crippen molar-refractivity contribution in [2.24, 2.45) is 0 Å². The summed E-state index contributed by atoms with van der Waals surface area (Å²) in [5.74, 6) is -0.0307. The molecule has 0 bridgehead atoms. The highest BCUT2D eigenvalue weighted by Crippen LogP contribution is 2.30. The first kappa shape index (κ1) is 21.2. The Hall–Kier alpha value is -2.00. The van der Waals surface area contributed by atoms with Crippen molar-refractivity contribution < 1.29 is 13.2 Å². The van der Waals surface area contributed by atoms with E-state index in [2.05, 4.69) is 22.0 Å². The van der Waals surface area contributed by atoms with Crippen LogP contribution in [-0.4, -0.2) is 32.2 Å². The molecule has 0 saturated heterocycles. The second kappa shape index (κ2) is 8.63. The predicted octanol–water partition coefficient (Wildman–Crippen LogP) is 4.92. The number of halogens is 1. The quantitative estimate of drug-likeness (QED) is 0.495. The third kappa shape index (κ3) is 4.23. The fourth-order valence-corrected chi connectivity index (χ4v) is 5.85. The minimum absolute atomic E-state index is 0.0307. The lowest BCUT2D eigenvalue weighted by Crippen LogP contribution is -2.35. The molecule has 0 spiro atoms. The van der Waals surface area contributed by atoms with Crippen LogP contribution in [0, 0.1) is 0 Å². The van der Waals surface area contributed by atoms with Gasteiger partial charge in [0.1, 0.15) is 0 Å². The number of nitrogens with zero attached hydrogens (tertiary/aromatic N) is 2. The van der Waals surface area contributed by atoms with Crippen molar-refractivity contribution in [2.75, 3.05) is 18.5 Å². The zero-order chi connectivity index (χ0) is 21.3. The van der Waals surface area contributed by atoms with E-state index in [0.717, 1.165) is 28.6 Å². The van der Waals surface area contributed by atoms with Gasteiger partial charge in [0.05, 0.1) is 9.77 Å². The smallest absolute Gasteiger partial charge is 0.268 e. The van der Waals surface area contributed by atoms with Crippen LogP contribution in [0.1, 0.15) is 27.2 Å². The van der Waals surface area contributed by atoms with Gasteiger partial charge in [-0.15, -0.1) is 11.3 Å². The Morgan fingerprint density at radius 2 is 1.90 bits per heavy atom. The third-order valence-corrected chi connectivity index (χ3v) is 8.46. The number of aryl methyl sites for hydroxylation is 1. The van der Waals surface area contributed by atoms with Gasteiger partial charge in [0.2, 0.25) is 10.0 Å². The third-order valence-electron chi connectivity index (χ3n) is 5.15. The number of amides is 1. The summed E-state index contributed by atoms with van der Waals surface area (Å²) in [5, 5.41) is 1.86. The van der Waals surface area contributed by atoms with E-state index in [1.807, 2.05) is 28.5 Å². The normalized spacial score (nSPS) is 14.0. The van der Waals surface area contributed by atoms with Gasteiger partial charge in [-0.25, -0.2) is 8.42 Å². The SMILES string of the molecule is CN(Cc1csc(C(=O)N2CCCc3ccccc32)c1)S(=O)(=O)c1ccc(Br)cc1. The van der Waals surface area contributed by atoms with Crippen molar-refractivity contribution in [3.8, 4) is 0 Å². The van der Waals surface area contributed by atoms with Crippen molar-refractivity contribution in [3.05, 3.63) is 80.5 Å². The van der Waals surface area contributed by atoms with E-state index in [0.29, 0.717) is 11.4 Å². The maximum atomic E-state index is 13.1. The van der Waals surface area contributed by atoms with Crippen LogP contribution in [0.15, 0.2) is 69.3 Å². The Morgan fingerprint density at radius 1 is 1.17 bits per heavy atom. The molecule has 1 amide bonds. The summed E-state index contributed by atoms with van der Waals surface area (Å²) in [4.78, 5) is 15.8. The average molecular weight is 505 g/mol. The zero-order valence-electron chi connectivity index (χ0n) is 16.4. The molecule has 156 valence electrons. The monoisotopic (exact) mass is 504 g/mol. The van der Waals surface area contributed by atoms with Gasteiger partial charge in [-0.05, 0) is 65.7 Å². The van der Waals surface area contributed by atoms with Gasteiger partial charge in [0, 0.05) is 30.3 Å². The first-order chi connectivity index (χ1) is 14.4. The predicted molar refractivity (Wildman–Crippen MR) is 124 cm³/mol. The molecule has 0 unspecified atom stereocenters. The van der Waals surface area contributed by atoms with E-state index in [9.17, 15) is 13.2 Å². The highest BCUT2D eigenvalue weighted by Gasteiger charge is 2.25. The van der Waals surface area contributed by atoms with Crippen LogP contribution in [0.25, 0.3) is 0 Å². The number of hydrogen-bond donors (Lipinski definition) is 0. The first-order valence-corrected chi connectivity index (χ1v) is 12.7. The van der Waals surface area contributed by atoms with Crippen LogP contribution >= 0.6 is 27.3 Å². The lowest BCUT2D eigenvalue weighted by molar-refractivity contribution is 0.0989. The molecule has 3 aromatic rings. The molecule has 5 nitrogen and oxygen atoms in total. The van der Waals surface area contributed by atoms with Crippen molar-refractivity contribution in [1.29, 1.82) is 0 Å². The zero-order valence-corrected chi connectivity index (χ0v) is 19.6. The van der Waals surface area contributed by atoms with E-state index in [1.165, 1.54) is 21.2 Å². The van der Waals surface area contributed by atoms with Crippen LogP contribution in [0.4, 0.5) is 5.69 Å². The number of benzene rings is 2. The Labute approximate surface area is 189 Å². The highest BCUT2D eigenvalue weighted by molar-refractivity contribution is 9.10. The maximum absolute atomic E-state index is 13.1. The Morgan fingerprint density at radius 3 is 2.67 bits per heavy atom. The van der Waals surface area contributed by atoms with Gasteiger partial charge in [-0.3, -0.25) is 4.79 Å². The number of rotatable bonds is 5. The molecule has 30 heavy (non-hydrogen) atoms. The number of fused-ring (bicyclic) bond motifs is 1. The number of carbonyl (C=O) groups is 1. The first-order valence-electron chi connectivity index (χ1n) is 9.55. The molecule has 0 N–H and O–H groups in total. The summed E-state index contributed by atoms with van der Waals surface area (Å²) < 4.78 is 27.8. The van der Waals surface area contributed by atoms with E-state index >= 15 is 0 Å². The van der Waals surface area contributed by atoms with E-state index in [4.69, 9.17) is 0 Å². The Bertz CT molecular complexity index is 1170. The fraction of sp³-hybridized carbons (Fsp3) is 0.227. The van der Waals surface area contributed by atoms with E-state index < -0.39 is 10.0 Å². The molecule has 0 atom stereocenters. The summed E-state index contributed by atoms with van der Waals surface area (Å²) >= 11 is 4.68. The summed E-state index contributed by atoms with van der Waals surface area (Å²) in [6.45, 7) is 0.902. The van der Waals surface area contributed by atoms with E-state index in [-0.39, 0.29) is 17.3 Å². The molecular formula is C22H21BrN2O3S2. The van der Waals surface area contributed by atoms with Crippen LogP contribution in [0.3, 0.4) is 0 Å². The number of hydrogen-bond acceptors (Lipinski definition) is 4.